The molecule has 4 aromatic rings. The average Bonchev–Trinajstić information content (AvgIpc) is 3.17. The molecule has 0 heterocycles. The Morgan fingerprint density at radius 3 is 0.750 bits per heavy atom. The zero-order chi connectivity index (χ0) is 48.3. The van der Waals surface area contributed by atoms with Crippen LogP contribution in [0.2, 0.25) is 0 Å². The number of rotatable bonds is 12. The summed E-state index contributed by atoms with van der Waals surface area (Å²) in [6.07, 6.45) is -3.06. The summed E-state index contributed by atoms with van der Waals surface area (Å²) in [6.45, 7) is 4.37. The first-order chi connectivity index (χ1) is 29.2. The van der Waals surface area contributed by atoms with Gasteiger partial charge in [0.1, 0.15) is 23.0 Å². The molecule has 0 radical (unpaired) electrons. The predicted octanol–water partition coefficient (Wildman–Crippen LogP) is -9.99. The number of phenols is 4. The minimum atomic E-state index is -4.90. The zero-order valence-corrected chi connectivity index (χ0v) is 49.7. The van der Waals surface area contributed by atoms with Crippen LogP contribution in [0.15, 0.2) is 24.3 Å². The van der Waals surface area contributed by atoms with Gasteiger partial charge in [0.2, 0.25) is 0 Å². The van der Waals surface area contributed by atoms with Crippen molar-refractivity contribution >= 4 is 40.5 Å². The van der Waals surface area contributed by atoms with Gasteiger partial charge in [-0.15, -0.1) is 11.5 Å². The van der Waals surface area contributed by atoms with E-state index in [-0.39, 0.29) is 118 Å². The first-order valence-electron chi connectivity index (χ1n) is 19.2. The van der Waals surface area contributed by atoms with Gasteiger partial charge in [0.25, 0.3) is 40.5 Å². The van der Waals surface area contributed by atoms with Crippen molar-refractivity contribution in [2.75, 3.05) is 23.0 Å². The van der Waals surface area contributed by atoms with Crippen molar-refractivity contribution in [3.05, 3.63) is 91.0 Å². The molecule has 5 rings (SSSR count). The third-order valence-electron chi connectivity index (χ3n) is 11.8. The largest absolute Gasteiger partial charge is 1.00 e. The number of fused-ring (bicyclic) bond motifs is 8. The van der Waals surface area contributed by atoms with Crippen LogP contribution in [0.4, 0.5) is 0 Å². The molecule has 0 aromatic heterocycles. The van der Waals surface area contributed by atoms with Gasteiger partial charge in [0, 0.05) is 51.5 Å². The van der Waals surface area contributed by atoms with Crippen LogP contribution in [-0.2, 0) is 40.5 Å². The Morgan fingerprint density at radius 1 is 0.353 bits per heavy atom. The first kappa shape index (κ1) is 64.9. The summed E-state index contributed by atoms with van der Waals surface area (Å²) in [6, 6.07) is 3.78. The maximum absolute atomic E-state index is 14.2. The van der Waals surface area contributed by atoms with Crippen LogP contribution in [0.25, 0.3) is 0 Å². The van der Waals surface area contributed by atoms with E-state index in [9.17, 15) is 92.7 Å². The second-order valence-corrected chi connectivity index (χ2v) is 22.2. The van der Waals surface area contributed by atoms with Gasteiger partial charge >= 0.3 is 118 Å². The summed E-state index contributed by atoms with van der Waals surface area (Å²) in [7, 11) is -19.6. The second-order valence-electron chi connectivity index (χ2n) is 15.9. The number of phenolic OH excluding ortho intramolecular Hbond substituents is 4. The average molecular weight is 1070 g/mol. The topological polar surface area (TPSA) is 391 Å². The van der Waals surface area contributed by atoms with Gasteiger partial charge in [-0.3, -0.25) is 18.2 Å². The first-order valence-corrected chi connectivity index (χ1v) is 25.6. The monoisotopic (exact) mass is 1060 g/mol. The number of hydrogen-bond donors (Lipinski definition) is 8. The molecule has 0 amide bonds. The third kappa shape index (κ3) is 14.6. The fourth-order valence-electron chi connectivity index (χ4n) is 8.45. The van der Waals surface area contributed by atoms with Crippen LogP contribution in [0, 0.1) is 27.7 Å². The van der Waals surface area contributed by atoms with Crippen LogP contribution < -0.4 is 139 Å². The summed E-state index contributed by atoms with van der Waals surface area (Å²) >= 11 is 0. The van der Waals surface area contributed by atoms with E-state index in [0.717, 1.165) is 52.0 Å². The van der Waals surface area contributed by atoms with Crippen molar-refractivity contribution in [1.29, 1.82) is 0 Å². The Morgan fingerprint density at radius 2 is 0.529 bits per heavy atom. The van der Waals surface area contributed by atoms with Crippen LogP contribution in [0.3, 0.4) is 0 Å². The van der Waals surface area contributed by atoms with E-state index in [1.807, 2.05) is 0 Å². The summed E-state index contributed by atoms with van der Waals surface area (Å²) in [5.41, 5.74) is -5.55. The van der Waals surface area contributed by atoms with Crippen LogP contribution in [-0.4, -0.2) is 95.3 Å². The van der Waals surface area contributed by atoms with E-state index >= 15 is 0 Å². The van der Waals surface area contributed by atoms with Crippen molar-refractivity contribution in [2.24, 2.45) is 0 Å². The van der Waals surface area contributed by atoms with Gasteiger partial charge in [0.15, 0.2) is 0 Å². The zero-order valence-electron chi connectivity index (χ0n) is 38.4. The molecule has 1 aliphatic carbocycles. The van der Waals surface area contributed by atoms with E-state index in [4.69, 9.17) is 0 Å². The van der Waals surface area contributed by atoms with Crippen LogP contribution in [0.1, 0.15) is 116 Å². The quantitative estimate of drug-likeness (QED) is 0.0482. The third-order valence-corrected chi connectivity index (χ3v) is 14.8. The maximum atomic E-state index is 14.2. The molecule has 4 atom stereocenters. The molecule has 4 unspecified atom stereocenters. The molecule has 352 valence electrons. The Hall–Kier alpha value is -1.08. The molecule has 4 aromatic carbocycles. The van der Waals surface area contributed by atoms with Gasteiger partial charge in [-0.05, 0) is 92.8 Å². The second kappa shape index (κ2) is 24.3. The van der Waals surface area contributed by atoms with E-state index in [1.54, 1.807) is 0 Å². The van der Waals surface area contributed by atoms with E-state index in [2.05, 4.69) is 0 Å². The standard InChI is InChI=1S/C40H48O20S4.4Na/c1-17-33(41)25-13-26(34(17)42)22(6-10-62(52,53)54)28-15-30(38(46)19(3)36(28)44)24(8-12-64(58,59)60)32-16-31(39(47)20(4)40(32)48)23(7-11-63(55,56)57)29-14-27(35(43)18(2)37(29)45)21(25)5-9-61(49,50)51;;;;/h13-16,21-24,41-48H,5-12H2,1-4H3,(H,49,50,51)(H,52,53,54)(H,55,56,57)(H,58,59,60);;;;/q;4*+1/p-4. The van der Waals surface area contributed by atoms with Gasteiger partial charge in [-0.1, -0.05) is 35.3 Å². The molecule has 0 aliphatic heterocycles. The molecular formula is C40H44Na4O20S4. The molecule has 8 N–H and O–H groups in total. The fraction of sp³-hybridized carbons (Fsp3) is 0.400. The van der Waals surface area contributed by atoms with E-state index in [0.29, 0.717) is 0 Å². The van der Waals surface area contributed by atoms with Crippen LogP contribution in [0.5, 0.6) is 46.0 Å². The normalized spacial score (nSPS) is 17.2. The molecule has 0 saturated carbocycles. The summed E-state index contributed by atoms with van der Waals surface area (Å²) in [5.74, 6) is -18.7. The van der Waals surface area contributed by atoms with Gasteiger partial charge < -0.3 is 40.9 Å². The molecular weight excluding hydrogens is 1020 g/mol. The molecule has 68 heavy (non-hydrogen) atoms. The Bertz CT molecular complexity index is 2500. The summed E-state index contributed by atoms with van der Waals surface area (Å²) < 4.78 is 138. The molecule has 0 spiro atoms. The van der Waals surface area contributed by atoms with Gasteiger partial charge in [-0.25, -0.2) is 0 Å². The van der Waals surface area contributed by atoms with Crippen molar-refractivity contribution in [3.63, 3.8) is 0 Å². The van der Waals surface area contributed by atoms with E-state index in [1.165, 1.54) is 0 Å². The van der Waals surface area contributed by atoms with Crippen LogP contribution >= 0.6 is 0 Å². The Kier molecular flexibility index (Phi) is 23.2. The van der Waals surface area contributed by atoms with Crippen molar-refractivity contribution in [1.82, 2.24) is 0 Å². The minimum absolute atomic E-state index is 0. The van der Waals surface area contributed by atoms with E-state index < -0.39 is 226 Å². The molecule has 0 saturated heterocycles. The van der Waals surface area contributed by atoms with Crippen molar-refractivity contribution in [3.8, 4) is 46.0 Å². The SMILES string of the molecule is Cc1c([O-])c2cc(c1[O-])C(CCS(=O)(=O)O)c1cc(c([O-])c(C)c1O)C(CCS(=O)(=O)O)c1cc(c(O)c(C)c1O)C(CCS(=O)(=O)O)c1cc(c(O)c(C)c1[O-])C2CCS(=O)(=O)O.[Na+].[Na+].[Na+].[Na+]. The molecule has 1 aliphatic rings. The smallest absolute Gasteiger partial charge is 0.872 e. The Labute approximate surface area is 482 Å². The minimum Gasteiger partial charge on any atom is -0.872 e. The van der Waals surface area contributed by atoms with Crippen molar-refractivity contribution in [2.45, 2.75) is 77.0 Å². The maximum Gasteiger partial charge on any atom is 1.00 e. The fourth-order valence-corrected chi connectivity index (χ4v) is 10.6. The summed E-state index contributed by atoms with van der Waals surface area (Å²) in [5, 5.41) is 104. The van der Waals surface area contributed by atoms with Gasteiger partial charge in [-0.2, -0.15) is 33.7 Å². The number of benzene rings is 4. The number of hydrogen-bond acceptors (Lipinski definition) is 16. The molecule has 28 heteroatoms. The van der Waals surface area contributed by atoms with Gasteiger partial charge in [0.05, 0.1) is 23.0 Å². The molecule has 8 bridgehead atoms. The van der Waals surface area contributed by atoms with Crippen molar-refractivity contribution < 1.29 is 211 Å². The predicted molar refractivity (Wildman–Crippen MR) is 221 cm³/mol. The summed E-state index contributed by atoms with van der Waals surface area (Å²) in [4.78, 5) is 0. The Balaban J connectivity index is 0.00000578. The molecule has 0 fully saturated rings. The molecule has 20 nitrogen and oxygen atoms in total. The number of aromatic hydroxyl groups is 4.